The molecule has 0 unspecified atom stereocenters. The largest absolute Gasteiger partial charge is 0.454 e. The highest BCUT2D eigenvalue weighted by Gasteiger charge is 2.26. The number of hydrogen-bond donors (Lipinski definition) is 1. The molecular formula is C20H16N2O5S. The topological polar surface area (TPSA) is 86.8 Å². The lowest BCUT2D eigenvalue weighted by Crippen LogP contribution is -2.31. The van der Waals surface area contributed by atoms with E-state index in [2.05, 4.69) is 10.3 Å². The number of esters is 1. The second kappa shape index (κ2) is 8.10. The van der Waals surface area contributed by atoms with Crippen molar-refractivity contribution >= 4 is 23.2 Å². The van der Waals surface area contributed by atoms with Gasteiger partial charge in [0, 0.05) is 24.5 Å². The van der Waals surface area contributed by atoms with E-state index >= 15 is 0 Å². The van der Waals surface area contributed by atoms with Crippen LogP contribution in [0, 0.1) is 0 Å². The fourth-order valence-electron chi connectivity index (χ4n) is 2.70. The highest BCUT2D eigenvalue weighted by atomic mass is 32.1. The van der Waals surface area contributed by atoms with Crippen molar-refractivity contribution in [2.45, 2.75) is 12.6 Å². The lowest BCUT2D eigenvalue weighted by atomic mass is 10.1. The Morgan fingerprint density at radius 2 is 1.96 bits per heavy atom. The highest BCUT2D eigenvalue weighted by Crippen LogP contribution is 2.32. The van der Waals surface area contributed by atoms with Crippen LogP contribution in [0.1, 0.15) is 26.9 Å². The third kappa shape index (κ3) is 3.96. The molecule has 0 bridgehead atoms. The molecule has 3 aromatic rings. The molecule has 0 fully saturated rings. The van der Waals surface area contributed by atoms with Crippen LogP contribution < -0.4 is 14.8 Å². The van der Waals surface area contributed by atoms with Crippen LogP contribution in [0.5, 0.6) is 11.5 Å². The quantitative estimate of drug-likeness (QED) is 0.645. The van der Waals surface area contributed by atoms with Crippen molar-refractivity contribution in [3.63, 3.8) is 0 Å². The fraction of sp³-hybridized carbons (Fsp3) is 0.150. The number of benzene rings is 1. The van der Waals surface area contributed by atoms with Crippen LogP contribution in [0.2, 0.25) is 0 Å². The SMILES string of the molecule is O=C(O[C@@H](C(=O)NCc1ccc2c(c1)OCO2)c1ccncc1)c1cccs1. The Labute approximate surface area is 164 Å². The Hall–Kier alpha value is -3.39. The van der Waals surface area contributed by atoms with Crippen LogP contribution in [0.3, 0.4) is 0 Å². The van der Waals surface area contributed by atoms with Gasteiger partial charge in [-0.05, 0) is 41.3 Å². The van der Waals surface area contributed by atoms with Gasteiger partial charge in [0.25, 0.3) is 5.91 Å². The molecule has 8 heteroatoms. The van der Waals surface area contributed by atoms with Crippen LogP contribution in [0.4, 0.5) is 0 Å². The van der Waals surface area contributed by atoms with Gasteiger partial charge in [-0.3, -0.25) is 9.78 Å². The zero-order valence-electron chi connectivity index (χ0n) is 14.7. The van der Waals surface area contributed by atoms with E-state index < -0.39 is 18.0 Å². The van der Waals surface area contributed by atoms with Crippen molar-refractivity contribution in [3.8, 4) is 11.5 Å². The molecule has 1 aromatic carbocycles. The van der Waals surface area contributed by atoms with Crippen molar-refractivity contribution in [2.24, 2.45) is 0 Å². The number of hydrogen-bond acceptors (Lipinski definition) is 7. The minimum absolute atomic E-state index is 0.188. The first-order valence-corrected chi connectivity index (χ1v) is 9.39. The average molecular weight is 396 g/mol. The molecule has 1 atom stereocenters. The first-order chi connectivity index (χ1) is 13.7. The molecule has 4 rings (SSSR count). The molecule has 0 saturated carbocycles. The van der Waals surface area contributed by atoms with E-state index in [-0.39, 0.29) is 13.3 Å². The van der Waals surface area contributed by atoms with E-state index in [1.165, 1.54) is 11.3 Å². The molecule has 0 radical (unpaired) electrons. The normalized spacial score (nSPS) is 13.0. The molecular weight excluding hydrogens is 380 g/mol. The summed E-state index contributed by atoms with van der Waals surface area (Å²) in [5.74, 6) is 0.347. The molecule has 0 saturated heterocycles. The van der Waals surface area contributed by atoms with Gasteiger partial charge in [-0.15, -0.1) is 11.3 Å². The van der Waals surface area contributed by atoms with Crippen molar-refractivity contribution in [1.82, 2.24) is 10.3 Å². The smallest absolute Gasteiger partial charge is 0.349 e. The zero-order valence-corrected chi connectivity index (χ0v) is 15.5. The molecule has 7 nitrogen and oxygen atoms in total. The second-order valence-corrected chi connectivity index (χ2v) is 6.90. The molecule has 1 aliphatic heterocycles. The minimum atomic E-state index is -1.08. The standard InChI is InChI=1S/C20H16N2O5S/c23-19(22-11-13-3-4-15-16(10-13)26-12-25-15)18(14-5-7-21-8-6-14)27-20(24)17-2-1-9-28-17/h1-10,18H,11-12H2,(H,22,23)/t18-/m1/s1. The van der Waals surface area contributed by atoms with Gasteiger partial charge in [0.1, 0.15) is 4.88 Å². The number of carbonyl (C=O) groups is 2. The van der Waals surface area contributed by atoms with E-state index in [0.717, 1.165) is 5.56 Å². The maximum absolute atomic E-state index is 12.8. The molecule has 0 spiro atoms. The number of nitrogens with one attached hydrogen (secondary N) is 1. The molecule has 1 aliphatic rings. The van der Waals surface area contributed by atoms with Crippen LogP contribution >= 0.6 is 11.3 Å². The summed E-state index contributed by atoms with van der Waals surface area (Å²) in [4.78, 5) is 29.5. The number of aromatic nitrogens is 1. The molecule has 0 aliphatic carbocycles. The van der Waals surface area contributed by atoms with E-state index in [1.807, 2.05) is 12.1 Å². The third-order valence-corrected chi connectivity index (χ3v) is 4.95. The van der Waals surface area contributed by atoms with Crippen molar-refractivity contribution in [3.05, 3.63) is 76.2 Å². The number of thiophene rings is 1. The minimum Gasteiger partial charge on any atom is -0.454 e. The first kappa shape index (κ1) is 18.0. The average Bonchev–Trinajstić information content (AvgIpc) is 3.42. The van der Waals surface area contributed by atoms with Gasteiger partial charge < -0.3 is 19.5 Å². The van der Waals surface area contributed by atoms with Gasteiger partial charge in [0.2, 0.25) is 12.9 Å². The number of amides is 1. The third-order valence-electron chi connectivity index (χ3n) is 4.10. The number of ether oxygens (including phenoxy) is 3. The maximum Gasteiger partial charge on any atom is 0.349 e. The summed E-state index contributed by atoms with van der Waals surface area (Å²) >= 11 is 1.26. The summed E-state index contributed by atoms with van der Waals surface area (Å²) in [6, 6.07) is 12.1. The van der Waals surface area contributed by atoms with Gasteiger partial charge in [0.15, 0.2) is 11.5 Å². The lowest BCUT2D eigenvalue weighted by molar-refractivity contribution is -0.130. The van der Waals surface area contributed by atoms with Gasteiger partial charge in [-0.1, -0.05) is 12.1 Å². The summed E-state index contributed by atoms with van der Waals surface area (Å²) in [5, 5.41) is 4.59. The summed E-state index contributed by atoms with van der Waals surface area (Å²) in [6.07, 6.45) is 2.02. The van der Waals surface area contributed by atoms with Gasteiger partial charge >= 0.3 is 5.97 Å². The van der Waals surface area contributed by atoms with Crippen LogP contribution in [0.25, 0.3) is 0 Å². The summed E-state index contributed by atoms with van der Waals surface area (Å²) < 4.78 is 16.1. The van der Waals surface area contributed by atoms with Gasteiger partial charge in [-0.25, -0.2) is 4.79 Å². The Bertz CT molecular complexity index is 976. The Morgan fingerprint density at radius 3 is 2.75 bits per heavy atom. The lowest BCUT2D eigenvalue weighted by Gasteiger charge is -2.17. The Kier molecular flexibility index (Phi) is 5.20. The maximum atomic E-state index is 12.8. The number of carbonyl (C=O) groups excluding carboxylic acids is 2. The van der Waals surface area contributed by atoms with Crippen molar-refractivity contribution < 1.29 is 23.8 Å². The van der Waals surface area contributed by atoms with Gasteiger partial charge in [-0.2, -0.15) is 0 Å². The predicted molar refractivity (Wildman–Crippen MR) is 101 cm³/mol. The van der Waals surface area contributed by atoms with E-state index in [9.17, 15) is 9.59 Å². The molecule has 3 heterocycles. The predicted octanol–water partition coefficient (Wildman–Crippen LogP) is 3.09. The highest BCUT2D eigenvalue weighted by molar-refractivity contribution is 7.11. The molecule has 28 heavy (non-hydrogen) atoms. The van der Waals surface area contributed by atoms with Crippen LogP contribution in [0.15, 0.2) is 60.2 Å². The van der Waals surface area contributed by atoms with Crippen molar-refractivity contribution in [1.29, 1.82) is 0 Å². The number of rotatable bonds is 6. The molecule has 1 N–H and O–H groups in total. The number of pyridine rings is 1. The number of fused-ring (bicyclic) bond motifs is 1. The van der Waals surface area contributed by atoms with Gasteiger partial charge in [0.05, 0.1) is 0 Å². The van der Waals surface area contributed by atoms with Crippen LogP contribution in [-0.2, 0) is 16.1 Å². The number of nitrogens with zero attached hydrogens (tertiary/aromatic N) is 1. The van der Waals surface area contributed by atoms with Crippen molar-refractivity contribution in [2.75, 3.05) is 6.79 Å². The first-order valence-electron chi connectivity index (χ1n) is 8.51. The van der Waals surface area contributed by atoms with Crippen LogP contribution in [-0.4, -0.2) is 23.7 Å². The molecule has 142 valence electrons. The monoisotopic (exact) mass is 396 g/mol. The summed E-state index contributed by atoms with van der Waals surface area (Å²) in [6.45, 7) is 0.446. The Morgan fingerprint density at radius 1 is 1.14 bits per heavy atom. The zero-order chi connectivity index (χ0) is 19.3. The molecule has 2 aromatic heterocycles. The summed E-state index contributed by atoms with van der Waals surface area (Å²) in [5.41, 5.74) is 1.39. The molecule has 1 amide bonds. The van der Waals surface area contributed by atoms with E-state index in [0.29, 0.717) is 21.9 Å². The van der Waals surface area contributed by atoms with E-state index in [1.54, 1.807) is 48.1 Å². The van der Waals surface area contributed by atoms with E-state index in [4.69, 9.17) is 14.2 Å². The fourth-order valence-corrected chi connectivity index (χ4v) is 3.31. The summed E-state index contributed by atoms with van der Waals surface area (Å²) in [7, 11) is 0. The second-order valence-electron chi connectivity index (χ2n) is 5.95. The Balaban J connectivity index is 1.47.